The third kappa shape index (κ3) is 4.28. The van der Waals surface area contributed by atoms with Gasteiger partial charge in [0.15, 0.2) is 0 Å². The van der Waals surface area contributed by atoms with Crippen LogP contribution in [0.3, 0.4) is 0 Å². The number of pyridine rings is 1. The van der Waals surface area contributed by atoms with Crippen LogP contribution in [0.2, 0.25) is 0 Å². The van der Waals surface area contributed by atoms with Crippen molar-refractivity contribution in [3.63, 3.8) is 0 Å². The highest BCUT2D eigenvalue weighted by Crippen LogP contribution is 2.33. The molecule has 7 heteroatoms. The van der Waals surface area contributed by atoms with Gasteiger partial charge in [0.25, 0.3) is 0 Å². The summed E-state index contributed by atoms with van der Waals surface area (Å²) in [5.41, 5.74) is -0.110. The predicted molar refractivity (Wildman–Crippen MR) is 93.9 cm³/mol. The molecule has 0 saturated carbocycles. The number of hydrogen-bond acceptors (Lipinski definition) is 2. The number of benzene rings is 2. The van der Waals surface area contributed by atoms with Gasteiger partial charge >= 0.3 is 6.18 Å². The Hall–Kier alpha value is -2.16. The SMILES string of the molecule is Fc1cc(Oc2ccnc(-c3cccc(C(F)(F)F)c3)c2)ccc1I. The van der Waals surface area contributed by atoms with Crippen LogP contribution in [0.4, 0.5) is 17.6 Å². The molecular formula is C18H10F4INO. The van der Waals surface area contributed by atoms with Gasteiger partial charge in [-0.3, -0.25) is 4.98 Å². The van der Waals surface area contributed by atoms with E-state index in [-0.39, 0.29) is 0 Å². The van der Waals surface area contributed by atoms with Crippen LogP contribution in [0.5, 0.6) is 11.5 Å². The molecule has 0 amide bonds. The maximum absolute atomic E-state index is 13.6. The number of halogens is 5. The summed E-state index contributed by atoms with van der Waals surface area (Å²) in [6.45, 7) is 0. The molecule has 2 nitrogen and oxygen atoms in total. The third-order valence-electron chi connectivity index (χ3n) is 3.34. The lowest BCUT2D eigenvalue weighted by Gasteiger charge is -2.10. The average molecular weight is 459 g/mol. The molecule has 0 saturated heterocycles. The second kappa shape index (κ2) is 6.99. The lowest BCUT2D eigenvalue weighted by Crippen LogP contribution is -2.04. The molecule has 0 spiro atoms. The fourth-order valence-electron chi connectivity index (χ4n) is 2.16. The summed E-state index contributed by atoms with van der Waals surface area (Å²) in [4.78, 5) is 4.08. The smallest absolute Gasteiger partial charge is 0.416 e. The molecule has 2 aromatic carbocycles. The quantitative estimate of drug-likeness (QED) is 0.339. The zero-order valence-corrected chi connectivity index (χ0v) is 14.7. The van der Waals surface area contributed by atoms with Crippen LogP contribution in [-0.4, -0.2) is 4.98 Å². The largest absolute Gasteiger partial charge is 0.457 e. The van der Waals surface area contributed by atoms with Gasteiger partial charge in [-0.1, -0.05) is 12.1 Å². The Balaban J connectivity index is 1.90. The molecule has 3 aromatic rings. The van der Waals surface area contributed by atoms with Gasteiger partial charge in [0, 0.05) is 27.5 Å². The second-order valence-electron chi connectivity index (χ2n) is 5.13. The van der Waals surface area contributed by atoms with Crippen LogP contribution < -0.4 is 4.74 Å². The molecule has 25 heavy (non-hydrogen) atoms. The average Bonchev–Trinajstić information content (AvgIpc) is 2.58. The maximum Gasteiger partial charge on any atom is 0.416 e. The van der Waals surface area contributed by atoms with Gasteiger partial charge in [-0.2, -0.15) is 13.2 Å². The lowest BCUT2D eigenvalue weighted by atomic mass is 10.1. The first-order chi connectivity index (χ1) is 11.8. The fraction of sp³-hybridized carbons (Fsp3) is 0.0556. The zero-order valence-electron chi connectivity index (χ0n) is 12.5. The monoisotopic (exact) mass is 459 g/mol. The Morgan fingerprint density at radius 1 is 0.920 bits per heavy atom. The van der Waals surface area contributed by atoms with Crippen molar-refractivity contribution in [2.45, 2.75) is 6.18 Å². The molecular weight excluding hydrogens is 449 g/mol. The topological polar surface area (TPSA) is 22.1 Å². The zero-order chi connectivity index (χ0) is 18.0. The summed E-state index contributed by atoms with van der Waals surface area (Å²) in [5.74, 6) is 0.229. The van der Waals surface area contributed by atoms with Crippen LogP contribution >= 0.6 is 22.6 Å². The first kappa shape index (κ1) is 17.7. The van der Waals surface area contributed by atoms with Crippen LogP contribution in [-0.2, 0) is 6.18 Å². The first-order valence-electron chi connectivity index (χ1n) is 7.09. The molecule has 0 aliphatic heterocycles. The summed E-state index contributed by atoms with van der Waals surface area (Å²) in [6.07, 6.45) is -3.00. The van der Waals surface area contributed by atoms with E-state index in [1.54, 1.807) is 18.2 Å². The summed E-state index contributed by atoms with van der Waals surface area (Å²) >= 11 is 1.86. The molecule has 0 radical (unpaired) electrons. The Morgan fingerprint density at radius 3 is 2.40 bits per heavy atom. The van der Waals surface area contributed by atoms with Crippen molar-refractivity contribution in [1.82, 2.24) is 4.98 Å². The Labute approximate surface area is 154 Å². The van der Waals surface area contributed by atoms with Crippen molar-refractivity contribution in [2.75, 3.05) is 0 Å². The third-order valence-corrected chi connectivity index (χ3v) is 4.22. The molecule has 0 bridgehead atoms. The molecule has 0 fully saturated rings. The van der Waals surface area contributed by atoms with E-state index in [2.05, 4.69) is 4.98 Å². The second-order valence-corrected chi connectivity index (χ2v) is 6.30. The minimum Gasteiger partial charge on any atom is -0.457 e. The lowest BCUT2D eigenvalue weighted by molar-refractivity contribution is -0.137. The maximum atomic E-state index is 13.6. The van der Waals surface area contributed by atoms with Gasteiger partial charge in [-0.25, -0.2) is 4.39 Å². The molecule has 0 aliphatic carbocycles. The van der Waals surface area contributed by atoms with Crippen molar-refractivity contribution >= 4 is 22.6 Å². The van der Waals surface area contributed by atoms with E-state index >= 15 is 0 Å². The van der Waals surface area contributed by atoms with Crippen LogP contribution in [0.15, 0.2) is 60.8 Å². The van der Waals surface area contributed by atoms with Crippen LogP contribution in [0.25, 0.3) is 11.3 Å². The number of hydrogen-bond donors (Lipinski definition) is 0. The van der Waals surface area contributed by atoms with E-state index in [9.17, 15) is 17.6 Å². The Bertz CT molecular complexity index is 912. The highest BCUT2D eigenvalue weighted by molar-refractivity contribution is 14.1. The number of ether oxygens (including phenoxy) is 1. The molecule has 1 heterocycles. The molecule has 0 aliphatic rings. The van der Waals surface area contributed by atoms with Gasteiger partial charge < -0.3 is 4.74 Å². The van der Waals surface area contributed by atoms with E-state index < -0.39 is 17.6 Å². The molecule has 128 valence electrons. The van der Waals surface area contributed by atoms with Gasteiger partial charge in [0.05, 0.1) is 11.3 Å². The van der Waals surface area contributed by atoms with Crippen molar-refractivity contribution < 1.29 is 22.3 Å². The van der Waals surface area contributed by atoms with E-state index in [0.29, 0.717) is 26.3 Å². The van der Waals surface area contributed by atoms with Crippen LogP contribution in [0, 0.1) is 9.39 Å². The molecule has 0 N–H and O–H groups in total. The summed E-state index contributed by atoms with van der Waals surface area (Å²) in [7, 11) is 0. The highest BCUT2D eigenvalue weighted by Gasteiger charge is 2.30. The summed E-state index contributed by atoms with van der Waals surface area (Å²) in [6, 6.07) is 12.3. The van der Waals surface area contributed by atoms with Gasteiger partial charge in [0.2, 0.25) is 0 Å². The normalized spacial score (nSPS) is 11.4. The minimum absolute atomic E-state index is 0.291. The van der Waals surface area contributed by atoms with Crippen LogP contribution in [0.1, 0.15) is 5.56 Å². The minimum atomic E-state index is -4.43. The molecule has 0 unspecified atom stereocenters. The Morgan fingerprint density at radius 2 is 1.68 bits per heavy atom. The molecule has 0 atom stereocenters. The number of nitrogens with zero attached hydrogens (tertiary/aromatic N) is 1. The number of rotatable bonds is 3. The van der Waals surface area contributed by atoms with Gasteiger partial charge in [-0.05, 0) is 52.9 Å². The van der Waals surface area contributed by atoms with Crippen molar-refractivity contribution in [2.24, 2.45) is 0 Å². The van der Waals surface area contributed by atoms with E-state index in [4.69, 9.17) is 4.74 Å². The number of alkyl halides is 3. The standard InChI is InChI=1S/C18H10F4INO/c19-15-9-13(4-5-16(15)23)25-14-6-7-24-17(10-14)11-2-1-3-12(8-11)18(20,21)22/h1-10H. The molecule has 3 rings (SSSR count). The fourth-order valence-corrected chi connectivity index (χ4v) is 2.50. The molecule has 1 aromatic heterocycles. The van der Waals surface area contributed by atoms with Crippen molar-refractivity contribution in [1.29, 1.82) is 0 Å². The summed E-state index contributed by atoms with van der Waals surface area (Å²) in [5, 5.41) is 0. The summed E-state index contributed by atoms with van der Waals surface area (Å²) < 4.78 is 58.1. The Kier molecular flexibility index (Phi) is 4.94. The van der Waals surface area contributed by atoms with E-state index in [1.807, 2.05) is 22.6 Å². The van der Waals surface area contributed by atoms with Gasteiger partial charge in [0.1, 0.15) is 17.3 Å². The van der Waals surface area contributed by atoms with Crippen molar-refractivity contribution in [3.8, 4) is 22.8 Å². The first-order valence-corrected chi connectivity index (χ1v) is 8.17. The van der Waals surface area contributed by atoms with Gasteiger partial charge in [-0.15, -0.1) is 0 Å². The highest BCUT2D eigenvalue weighted by atomic mass is 127. The van der Waals surface area contributed by atoms with Crippen molar-refractivity contribution in [3.05, 3.63) is 75.7 Å². The van der Waals surface area contributed by atoms with E-state index in [0.717, 1.165) is 12.1 Å². The number of aromatic nitrogens is 1. The predicted octanol–water partition coefficient (Wildman–Crippen LogP) is 6.30. The van der Waals surface area contributed by atoms with E-state index in [1.165, 1.54) is 30.5 Å².